The third-order valence-electron chi connectivity index (χ3n) is 2.50. The summed E-state index contributed by atoms with van der Waals surface area (Å²) in [5, 5.41) is 6.60. The van der Waals surface area contributed by atoms with E-state index in [0.717, 1.165) is 16.8 Å². The lowest BCUT2D eigenvalue weighted by Crippen LogP contribution is -1.91. The van der Waals surface area contributed by atoms with Gasteiger partial charge >= 0.3 is 0 Å². The Morgan fingerprint density at radius 2 is 2.00 bits per heavy atom. The molecule has 0 saturated heterocycles. The molecule has 0 aliphatic heterocycles. The molecule has 3 N–H and O–H groups in total. The Labute approximate surface area is 93.5 Å². The zero-order valence-electron chi connectivity index (χ0n) is 9.29. The fourth-order valence-corrected chi connectivity index (χ4v) is 1.59. The van der Waals surface area contributed by atoms with Crippen LogP contribution in [0.4, 0.5) is 10.2 Å². The van der Waals surface area contributed by atoms with Gasteiger partial charge in [-0.1, -0.05) is 13.8 Å². The quantitative estimate of drug-likeness (QED) is 0.815. The molecule has 1 aromatic heterocycles. The van der Waals surface area contributed by atoms with Gasteiger partial charge in [-0.05, 0) is 29.7 Å². The van der Waals surface area contributed by atoms with Crippen LogP contribution < -0.4 is 5.73 Å². The number of nitrogens with zero attached hydrogens (tertiary/aromatic N) is 1. The Morgan fingerprint density at radius 1 is 1.25 bits per heavy atom. The van der Waals surface area contributed by atoms with Gasteiger partial charge in [-0.3, -0.25) is 5.10 Å². The second kappa shape index (κ2) is 3.96. The molecule has 0 aliphatic rings. The fraction of sp³-hybridized carbons (Fsp3) is 0.250. The van der Waals surface area contributed by atoms with Crippen molar-refractivity contribution >= 4 is 5.82 Å². The number of nitrogen functional groups attached to an aromatic ring is 1. The van der Waals surface area contributed by atoms with Crippen LogP contribution in [0.1, 0.15) is 25.3 Å². The molecule has 1 aromatic carbocycles. The van der Waals surface area contributed by atoms with E-state index in [4.69, 9.17) is 5.73 Å². The summed E-state index contributed by atoms with van der Waals surface area (Å²) in [6.45, 7) is 4.06. The minimum Gasteiger partial charge on any atom is -0.382 e. The molecule has 0 amide bonds. The molecule has 0 aliphatic carbocycles. The number of anilines is 1. The van der Waals surface area contributed by atoms with Crippen molar-refractivity contribution in [3.63, 3.8) is 0 Å². The number of benzene rings is 1. The average Bonchev–Trinajstić information content (AvgIpc) is 2.64. The molecule has 0 bridgehead atoms. The van der Waals surface area contributed by atoms with Crippen LogP contribution in [-0.4, -0.2) is 10.2 Å². The highest BCUT2D eigenvalue weighted by atomic mass is 19.1. The maximum absolute atomic E-state index is 13.4. The van der Waals surface area contributed by atoms with Gasteiger partial charge in [0.1, 0.15) is 11.6 Å². The molecule has 0 fully saturated rings. The minimum atomic E-state index is -0.241. The second-order valence-corrected chi connectivity index (χ2v) is 4.13. The van der Waals surface area contributed by atoms with Crippen LogP contribution in [0.3, 0.4) is 0 Å². The van der Waals surface area contributed by atoms with Gasteiger partial charge < -0.3 is 5.73 Å². The summed E-state index contributed by atoms with van der Waals surface area (Å²) in [6, 6.07) is 6.66. The summed E-state index contributed by atoms with van der Waals surface area (Å²) in [5.74, 6) is 0.453. The van der Waals surface area contributed by atoms with Crippen LogP contribution in [-0.2, 0) is 0 Å². The number of hydrogen-bond acceptors (Lipinski definition) is 2. The molecular formula is C12H14FN3. The van der Waals surface area contributed by atoms with E-state index >= 15 is 0 Å². The van der Waals surface area contributed by atoms with E-state index in [9.17, 15) is 4.39 Å². The Bertz CT molecular complexity index is 503. The summed E-state index contributed by atoms with van der Waals surface area (Å²) < 4.78 is 13.4. The fourth-order valence-electron chi connectivity index (χ4n) is 1.59. The van der Waals surface area contributed by atoms with Crippen LogP contribution in [0.25, 0.3) is 11.3 Å². The van der Waals surface area contributed by atoms with E-state index in [1.165, 1.54) is 6.07 Å². The maximum Gasteiger partial charge on any atom is 0.145 e. The van der Waals surface area contributed by atoms with Gasteiger partial charge in [-0.25, -0.2) is 4.39 Å². The normalized spacial score (nSPS) is 11.0. The van der Waals surface area contributed by atoms with Crippen molar-refractivity contribution in [3.05, 3.63) is 35.6 Å². The first kappa shape index (κ1) is 10.7. The number of aromatic nitrogens is 2. The second-order valence-electron chi connectivity index (χ2n) is 4.13. The number of nitrogens with two attached hydrogens (primary N) is 1. The molecule has 0 unspecified atom stereocenters. The van der Waals surface area contributed by atoms with Gasteiger partial charge in [0.05, 0.1) is 5.69 Å². The third-order valence-corrected chi connectivity index (χ3v) is 2.50. The predicted octanol–water partition coefficient (Wildman–Crippen LogP) is 2.92. The monoisotopic (exact) mass is 219 g/mol. The summed E-state index contributed by atoms with van der Waals surface area (Å²) in [5.41, 5.74) is 7.98. The van der Waals surface area contributed by atoms with Gasteiger partial charge in [0.15, 0.2) is 0 Å². The molecule has 1 heterocycles. The van der Waals surface area contributed by atoms with Crippen molar-refractivity contribution in [2.45, 2.75) is 19.8 Å². The molecule has 0 spiro atoms. The number of aromatic amines is 1. The van der Waals surface area contributed by atoms with Crippen LogP contribution in [0.15, 0.2) is 24.3 Å². The number of rotatable bonds is 2. The van der Waals surface area contributed by atoms with Gasteiger partial charge in [-0.15, -0.1) is 0 Å². The Hall–Kier alpha value is -1.84. The standard InChI is InChI=1S/C12H14FN3/c1-7(2)8-3-9(5-10(13)4-8)11-6-12(14)16-15-11/h3-7H,1-2H3,(H3,14,15,16). The van der Waals surface area contributed by atoms with Crippen LogP contribution in [0.5, 0.6) is 0 Å². The van der Waals surface area contributed by atoms with E-state index in [1.54, 1.807) is 12.1 Å². The van der Waals surface area contributed by atoms with Crippen molar-refractivity contribution in [2.24, 2.45) is 0 Å². The Morgan fingerprint density at radius 3 is 2.56 bits per heavy atom. The lowest BCUT2D eigenvalue weighted by atomic mass is 9.99. The highest BCUT2D eigenvalue weighted by Gasteiger charge is 2.07. The van der Waals surface area contributed by atoms with E-state index < -0.39 is 0 Å². The largest absolute Gasteiger partial charge is 0.382 e. The van der Waals surface area contributed by atoms with Crippen LogP contribution in [0, 0.1) is 5.82 Å². The Kier molecular flexibility index (Phi) is 2.64. The third kappa shape index (κ3) is 2.05. The molecule has 3 nitrogen and oxygen atoms in total. The van der Waals surface area contributed by atoms with Crippen LogP contribution in [0.2, 0.25) is 0 Å². The Balaban J connectivity index is 2.49. The molecule has 16 heavy (non-hydrogen) atoms. The first-order valence-corrected chi connectivity index (χ1v) is 5.18. The van der Waals surface area contributed by atoms with Crippen LogP contribution >= 0.6 is 0 Å². The topological polar surface area (TPSA) is 54.7 Å². The van der Waals surface area contributed by atoms with Crippen molar-refractivity contribution in [3.8, 4) is 11.3 Å². The van der Waals surface area contributed by atoms with E-state index in [1.807, 2.05) is 19.9 Å². The van der Waals surface area contributed by atoms with Crippen molar-refractivity contribution in [1.82, 2.24) is 10.2 Å². The summed E-state index contributed by atoms with van der Waals surface area (Å²) in [6.07, 6.45) is 0. The first-order chi connectivity index (χ1) is 7.56. The zero-order chi connectivity index (χ0) is 11.7. The molecule has 4 heteroatoms. The molecule has 0 saturated carbocycles. The minimum absolute atomic E-state index is 0.241. The first-order valence-electron chi connectivity index (χ1n) is 5.18. The molecule has 0 atom stereocenters. The molecule has 84 valence electrons. The molecular weight excluding hydrogens is 205 g/mol. The number of hydrogen-bond donors (Lipinski definition) is 2. The lowest BCUT2D eigenvalue weighted by Gasteiger charge is -2.07. The summed E-state index contributed by atoms with van der Waals surface area (Å²) in [4.78, 5) is 0. The predicted molar refractivity (Wildman–Crippen MR) is 62.5 cm³/mol. The molecule has 0 radical (unpaired) electrons. The smallest absolute Gasteiger partial charge is 0.145 e. The van der Waals surface area contributed by atoms with E-state index in [-0.39, 0.29) is 11.7 Å². The SMILES string of the molecule is CC(C)c1cc(F)cc(-c2cc(N)n[nH]2)c1. The van der Waals surface area contributed by atoms with Gasteiger partial charge in [-0.2, -0.15) is 5.10 Å². The highest BCUT2D eigenvalue weighted by molar-refractivity contribution is 5.63. The van der Waals surface area contributed by atoms with E-state index in [0.29, 0.717) is 5.82 Å². The maximum atomic E-state index is 13.4. The van der Waals surface area contributed by atoms with Gasteiger partial charge in [0.2, 0.25) is 0 Å². The molecule has 2 aromatic rings. The van der Waals surface area contributed by atoms with Crippen molar-refractivity contribution in [2.75, 3.05) is 5.73 Å². The number of halogens is 1. The van der Waals surface area contributed by atoms with Gasteiger partial charge in [0, 0.05) is 11.6 Å². The number of H-pyrrole nitrogens is 1. The van der Waals surface area contributed by atoms with Crippen molar-refractivity contribution < 1.29 is 4.39 Å². The van der Waals surface area contributed by atoms with E-state index in [2.05, 4.69) is 10.2 Å². The number of nitrogens with one attached hydrogen (secondary N) is 1. The summed E-state index contributed by atoms with van der Waals surface area (Å²) in [7, 11) is 0. The molecule has 2 rings (SSSR count). The lowest BCUT2D eigenvalue weighted by molar-refractivity contribution is 0.624. The highest BCUT2D eigenvalue weighted by Crippen LogP contribution is 2.25. The van der Waals surface area contributed by atoms with Crippen molar-refractivity contribution in [1.29, 1.82) is 0 Å². The average molecular weight is 219 g/mol. The van der Waals surface area contributed by atoms with Gasteiger partial charge in [0.25, 0.3) is 0 Å². The summed E-state index contributed by atoms with van der Waals surface area (Å²) >= 11 is 0. The zero-order valence-corrected chi connectivity index (χ0v) is 9.29.